The van der Waals surface area contributed by atoms with E-state index in [1.807, 2.05) is 20.8 Å². The zero-order valence-corrected chi connectivity index (χ0v) is 14.2. The highest BCUT2D eigenvalue weighted by molar-refractivity contribution is 5.83. The van der Waals surface area contributed by atoms with Crippen LogP contribution in [0.3, 0.4) is 0 Å². The molecule has 0 bridgehead atoms. The van der Waals surface area contributed by atoms with E-state index in [0.717, 1.165) is 0 Å². The summed E-state index contributed by atoms with van der Waals surface area (Å²) in [7, 11) is 1.43. The predicted molar refractivity (Wildman–Crippen MR) is 79.9 cm³/mol. The third-order valence-electron chi connectivity index (χ3n) is 3.16. The lowest BCUT2D eigenvalue weighted by Crippen LogP contribution is -2.62. The van der Waals surface area contributed by atoms with Crippen LogP contribution in [0.4, 0.5) is 0 Å². The fourth-order valence-electron chi connectivity index (χ4n) is 1.94. The Kier molecular flexibility index (Phi) is 5.48. The maximum Gasteiger partial charge on any atom is 0.339 e. The molecule has 0 aromatic heterocycles. The minimum Gasteiger partial charge on any atom is -0.474 e. The summed E-state index contributed by atoms with van der Waals surface area (Å²) in [5.41, 5.74) is -1.97. The SMILES string of the molecule is C=C(N[C@@]1(C(=O)OC(C)(C)OC)COC[C@H]1O)OC(C)(C)C. The van der Waals surface area contributed by atoms with E-state index in [9.17, 15) is 9.90 Å². The van der Waals surface area contributed by atoms with E-state index in [-0.39, 0.29) is 19.1 Å². The van der Waals surface area contributed by atoms with Crippen LogP contribution in [0.2, 0.25) is 0 Å². The van der Waals surface area contributed by atoms with Crippen LogP contribution in [0, 0.1) is 0 Å². The Labute approximate surface area is 131 Å². The Morgan fingerprint density at radius 1 is 1.32 bits per heavy atom. The third-order valence-corrected chi connectivity index (χ3v) is 3.16. The van der Waals surface area contributed by atoms with Gasteiger partial charge in [-0.15, -0.1) is 0 Å². The molecule has 1 aliphatic rings. The van der Waals surface area contributed by atoms with Crippen molar-refractivity contribution in [2.75, 3.05) is 20.3 Å². The molecule has 22 heavy (non-hydrogen) atoms. The molecule has 0 amide bonds. The molecule has 1 heterocycles. The molecular weight excluding hydrogens is 290 g/mol. The summed E-state index contributed by atoms with van der Waals surface area (Å²) >= 11 is 0. The average molecular weight is 317 g/mol. The summed E-state index contributed by atoms with van der Waals surface area (Å²) in [6.07, 6.45) is -1.09. The van der Waals surface area contributed by atoms with Crippen molar-refractivity contribution in [3.8, 4) is 0 Å². The maximum absolute atomic E-state index is 12.6. The second kappa shape index (κ2) is 6.44. The minimum absolute atomic E-state index is 0.0122. The van der Waals surface area contributed by atoms with E-state index in [0.29, 0.717) is 0 Å². The van der Waals surface area contributed by atoms with Gasteiger partial charge < -0.3 is 29.4 Å². The second-order valence-electron chi connectivity index (χ2n) is 6.76. The van der Waals surface area contributed by atoms with Crippen molar-refractivity contribution in [3.05, 3.63) is 12.5 Å². The lowest BCUT2D eigenvalue weighted by molar-refractivity contribution is -0.215. The first-order chi connectivity index (χ1) is 9.92. The number of hydrogen-bond donors (Lipinski definition) is 2. The number of rotatable bonds is 6. The monoisotopic (exact) mass is 317 g/mol. The molecule has 0 spiro atoms. The average Bonchev–Trinajstić information content (AvgIpc) is 2.69. The van der Waals surface area contributed by atoms with Gasteiger partial charge in [-0.25, -0.2) is 4.79 Å². The molecule has 0 unspecified atom stereocenters. The Bertz CT molecular complexity index is 428. The van der Waals surface area contributed by atoms with E-state index in [1.54, 1.807) is 13.8 Å². The van der Waals surface area contributed by atoms with E-state index in [2.05, 4.69) is 11.9 Å². The maximum atomic E-state index is 12.6. The molecule has 1 rings (SSSR count). The van der Waals surface area contributed by atoms with Gasteiger partial charge >= 0.3 is 5.97 Å². The quantitative estimate of drug-likeness (QED) is 0.428. The van der Waals surface area contributed by atoms with Crippen molar-refractivity contribution in [3.63, 3.8) is 0 Å². The third kappa shape index (κ3) is 4.59. The molecule has 1 fully saturated rings. The van der Waals surface area contributed by atoms with Crippen molar-refractivity contribution in [1.29, 1.82) is 0 Å². The van der Waals surface area contributed by atoms with Crippen molar-refractivity contribution in [2.24, 2.45) is 0 Å². The summed E-state index contributed by atoms with van der Waals surface area (Å²) < 4.78 is 21.2. The first-order valence-corrected chi connectivity index (χ1v) is 7.12. The van der Waals surface area contributed by atoms with E-state index in [4.69, 9.17) is 18.9 Å². The normalized spacial score (nSPS) is 25.7. The van der Waals surface area contributed by atoms with E-state index < -0.39 is 29.0 Å². The van der Waals surface area contributed by atoms with Crippen molar-refractivity contribution >= 4 is 5.97 Å². The first kappa shape index (κ1) is 18.7. The predicted octanol–water partition coefficient (Wildman–Crippen LogP) is 0.918. The lowest BCUT2D eigenvalue weighted by Gasteiger charge is -2.35. The van der Waals surface area contributed by atoms with Gasteiger partial charge in [0.2, 0.25) is 5.79 Å². The number of aliphatic hydroxyl groups is 1. The molecule has 0 saturated carbocycles. The van der Waals surface area contributed by atoms with E-state index in [1.165, 1.54) is 7.11 Å². The Morgan fingerprint density at radius 2 is 1.91 bits per heavy atom. The zero-order valence-electron chi connectivity index (χ0n) is 14.2. The van der Waals surface area contributed by atoms with Gasteiger partial charge in [0.15, 0.2) is 11.4 Å². The Balaban J connectivity index is 2.92. The smallest absolute Gasteiger partial charge is 0.339 e. The van der Waals surface area contributed by atoms with E-state index >= 15 is 0 Å². The van der Waals surface area contributed by atoms with Crippen LogP contribution in [-0.4, -0.2) is 54.4 Å². The molecule has 0 aliphatic carbocycles. The van der Waals surface area contributed by atoms with Gasteiger partial charge in [-0.05, 0) is 27.4 Å². The minimum atomic E-state index is -1.47. The summed E-state index contributed by atoms with van der Waals surface area (Å²) in [5, 5.41) is 13.0. The summed E-state index contributed by atoms with van der Waals surface area (Å²) in [4.78, 5) is 12.6. The number of nitrogens with one attached hydrogen (secondary N) is 1. The highest BCUT2D eigenvalue weighted by Crippen LogP contribution is 2.26. The molecule has 2 N–H and O–H groups in total. The number of carbonyl (C=O) groups excluding carboxylic acids is 1. The van der Waals surface area contributed by atoms with Crippen LogP contribution in [0.5, 0.6) is 0 Å². The molecule has 7 heteroatoms. The Hall–Kier alpha value is -1.31. The molecule has 2 atom stereocenters. The largest absolute Gasteiger partial charge is 0.474 e. The number of aliphatic hydroxyl groups excluding tert-OH is 1. The highest BCUT2D eigenvalue weighted by atomic mass is 16.7. The van der Waals surface area contributed by atoms with Crippen LogP contribution in [0.1, 0.15) is 34.6 Å². The molecular formula is C15H27NO6. The van der Waals surface area contributed by atoms with Crippen molar-refractivity contribution in [2.45, 2.75) is 57.6 Å². The summed E-state index contributed by atoms with van der Waals surface area (Å²) in [6, 6.07) is 0. The van der Waals surface area contributed by atoms with Crippen LogP contribution >= 0.6 is 0 Å². The van der Waals surface area contributed by atoms with Crippen LogP contribution < -0.4 is 5.32 Å². The van der Waals surface area contributed by atoms with Gasteiger partial charge in [-0.1, -0.05) is 0 Å². The van der Waals surface area contributed by atoms with Gasteiger partial charge in [-0.3, -0.25) is 0 Å². The molecule has 0 radical (unpaired) electrons. The molecule has 0 aromatic carbocycles. The van der Waals surface area contributed by atoms with Gasteiger partial charge in [0.25, 0.3) is 0 Å². The number of esters is 1. The topological polar surface area (TPSA) is 86.3 Å². The number of carbonyl (C=O) groups is 1. The number of ether oxygens (including phenoxy) is 4. The van der Waals surface area contributed by atoms with Gasteiger partial charge in [0.05, 0.1) is 13.2 Å². The van der Waals surface area contributed by atoms with Crippen molar-refractivity contribution < 1.29 is 28.8 Å². The molecule has 1 aliphatic heterocycles. The molecule has 0 aromatic rings. The number of hydrogen-bond acceptors (Lipinski definition) is 7. The van der Waals surface area contributed by atoms with Gasteiger partial charge in [-0.2, -0.15) is 0 Å². The molecule has 128 valence electrons. The molecule has 1 saturated heterocycles. The van der Waals surface area contributed by atoms with Crippen LogP contribution in [0.25, 0.3) is 0 Å². The van der Waals surface area contributed by atoms with Crippen LogP contribution in [-0.2, 0) is 23.7 Å². The van der Waals surface area contributed by atoms with Crippen LogP contribution in [0.15, 0.2) is 12.5 Å². The standard InChI is InChI=1S/C15H27NO6/c1-10(21-13(2,3)4)16-15(9-20-8-11(15)17)12(18)22-14(5,6)19-7/h11,16-17H,1,8-9H2,2-7H3/t11-,15+/m1/s1. The second-order valence-corrected chi connectivity index (χ2v) is 6.76. The fourth-order valence-corrected chi connectivity index (χ4v) is 1.94. The first-order valence-electron chi connectivity index (χ1n) is 7.12. The lowest BCUT2D eigenvalue weighted by atomic mass is 9.95. The summed E-state index contributed by atoms with van der Waals surface area (Å²) in [6.45, 7) is 12.4. The summed E-state index contributed by atoms with van der Waals surface area (Å²) in [5.74, 6) is -1.66. The van der Waals surface area contributed by atoms with Gasteiger partial charge in [0, 0.05) is 21.0 Å². The van der Waals surface area contributed by atoms with Crippen molar-refractivity contribution in [1.82, 2.24) is 5.32 Å². The molecule has 7 nitrogen and oxygen atoms in total. The number of methoxy groups -OCH3 is 1. The van der Waals surface area contributed by atoms with Gasteiger partial charge in [0.1, 0.15) is 11.7 Å². The fraction of sp³-hybridized carbons (Fsp3) is 0.800. The highest BCUT2D eigenvalue weighted by Gasteiger charge is 2.53. The zero-order chi connectivity index (χ0) is 17.2. The Morgan fingerprint density at radius 3 is 2.32 bits per heavy atom.